The molecule has 0 bridgehead atoms. The highest BCUT2D eigenvalue weighted by Gasteiger charge is 2.29. The summed E-state index contributed by atoms with van der Waals surface area (Å²) in [4.78, 5) is 18.4. The highest BCUT2D eigenvalue weighted by molar-refractivity contribution is 5.41. The molecule has 7 nitrogen and oxygen atoms in total. The van der Waals surface area contributed by atoms with Crippen LogP contribution in [0.15, 0.2) is 30.3 Å². The molecule has 2 aliphatic rings. The lowest BCUT2D eigenvalue weighted by molar-refractivity contribution is -0.0179. The molecule has 0 radical (unpaired) electrons. The van der Waals surface area contributed by atoms with Gasteiger partial charge in [-0.25, -0.2) is 0 Å². The second-order valence-corrected chi connectivity index (χ2v) is 7.57. The number of rotatable bonds is 4. The van der Waals surface area contributed by atoms with Crippen molar-refractivity contribution >= 4 is 11.9 Å². The molecule has 4 rings (SSSR count). The van der Waals surface area contributed by atoms with Gasteiger partial charge in [-0.3, -0.25) is 0 Å². The molecule has 2 aliphatic heterocycles. The lowest BCUT2D eigenvalue weighted by Crippen LogP contribution is -2.44. The SMILES string of the molecule is COc1nc(N2CCCCCC2)nc(N2CC(C)OC(c3ccccc3)C2)n1. The molecule has 0 N–H and O–H groups in total. The van der Waals surface area contributed by atoms with Crippen molar-refractivity contribution in [3.8, 4) is 6.01 Å². The van der Waals surface area contributed by atoms with E-state index in [0.717, 1.165) is 25.6 Å². The van der Waals surface area contributed by atoms with Gasteiger partial charge in [0, 0.05) is 19.6 Å². The zero-order chi connectivity index (χ0) is 19.3. The number of aromatic nitrogens is 3. The van der Waals surface area contributed by atoms with Crippen LogP contribution in [0.3, 0.4) is 0 Å². The molecule has 150 valence electrons. The van der Waals surface area contributed by atoms with E-state index >= 15 is 0 Å². The second-order valence-electron chi connectivity index (χ2n) is 7.57. The van der Waals surface area contributed by atoms with Crippen molar-refractivity contribution in [2.24, 2.45) is 0 Å². The maximum absolute atomic E-state index is 6.19. The topological polar surface area (TPSA) is 63.6 Å². The molecule has 2 saturated heterocycles. The molecule has 0 aliphatic carbocycles. The van der Waals surface area contributed by atoms with Crippen LogP contribution in [0.1, 0.15) is 44.3 Å². The number of nitrogens with zero attached hydrogens (tertiary/aromatic N) is 5. The minimum Gasteiger partial charge on any atom is -0.467 e. The van der Waals surface area contributed by atoms with Gasteiger partial charge in [0.15, 0.2) is 0 Å². The zero-order valence-electron chi connectivity index (χ0n) is 16.8. The van der Waals surface area contributed by atoms with Crippen LogP contribution in [0.5, 0.6) is 6.01 Å². The molecule has 3 heterocycles. The van der Waals surface area contributed by atoms with E-state index in [-0.39, 0.29) is 12.2 Å². The van der Waals surface area contributed by atoms with Crippen molar-refractivity contribution in [3.05, 3.63) is 35.9 Å². The summed E-state index contributed by atoms with van der Waals surface area (Å²) in [6.07, 6.45) is 4.97. The first kappa shape index (κ1) is 18.9. The van der Waals surface area contributed by atoms with Crippen molar-refractivity contribution < 1.29 is 9.47 Å². The monoisotopic (exact) mass is 383 g/mol. The Labute approximate surface area is 166 Å². The van der Waals surface area contributed by atoms with Crippen LogP contribution < -0.4 is 14.5 Å². The largest absolute Gasteiger partial charge is 0.467 e. The Balaban J connectivity index is 1.60. The van der Waals surface area contributed by atoms with Gasteiger partial charge in [-0.05, 0) is 25.3 Å². The summed E-state index contributed by atoms with van der Waals surface area (Å²) in [5.74, 6) is 1.39. The molecule has 2 atom stereocenters. The minimum absolute atomic E-state index is 0.00523. The molecule has 28 heavy (non-hydrogen) atoms. The molecule has 2 aromatic rings. The Hall–Kier alpha value is -2.41. The van der Waals surface area contributed by atoms with E-state index in [1.54, 1.807) is 7.11 Å². The van der Waals surface area contributed by atoms with Crippen molar-refractivity contribution in [3.63, 3.8) is 0 Å². The lowest BCUT2D eigenvalue weighted by Gasteiger charge is -2.37. The fourth-order valence-corrected chi connectivity index (χ4v) is 3.95. The van der Waals surface area contributed by atoms with E-state index in [0.29, 0.717) is 18.5 Å². The average Bonchev–Trinajstić information content (AvgIpc) is 3.03. The molecule has 0 saturated carbocycles. The van der Waals surface area contributed by atoms with E-state index in [4.69, 9.17) is 14.5 Å². The number of hydrogen-bond donors (Lipinski definition) is 0. The van der Waals surface area contributed by atoms with Gasteiger partial charge in [-0.2, -0.15) is 15.0 Å². The van der Waals surface area contributed by atoms with E-state index in [9.17, 15) is 0 Å². The van der Waals surface area contributed by atoms with Crippen LogP contribution in [0, 0.1) is 0 Å². The van der Waals surface area contributed by atoms with Gasteiger partial charge < -0.3 is 19.3 Å². The van der Waals surface area contributed by atoms with Gasteiger partial charge in [-0.15, -0.1) is 0 Å². The van der Waals surface area contributed by atoms with Crippen LogP contribution in [-0.2, 0) is 4.74 Å². The van der Waals surface area contributed by atoms with Crippen LogP contribution >= 0.6 is 0 Å². The van der Waals surface area contributed by atoms with Gasteiger partial charge >= 0.3 is 6.01 Å². The Morgan fingerprint density at radius 2 is 1.57 bits per heavy atom. The Bertz CT molecular complexity index is 765. The van der Waals surface area contributed by atoms with Gasteiger partial charge in [0.25, 0.3) is 0 Å². The molecule has 1 aromatic carbocycles. The Morgan fingerprint density at radius 3 is 2.25 bits per heavy atom. The summed E-state index contributed by atoms with van der Waals surface area (Å²) in [5, 5.41) is 0. The third-order valence-corrected chi connectivity index (χ3v) is 5.38. The average molecular weight is 383 g/mol. The van der Waals surface area contributed by atoms with Crippen molar-refractivity contribution in [2.45, 2.75) is 44.8 Å². The molecule has 2 fully saturated rings. The summed E-state index contributed by atoms with van der Waals surface area (Å²) >= 11 is 0. The molecule has 7 heteroatoms. The fourth-order valence-electron chi connectivity index (χ4n) is 3.95. The number of hydrogen-bond acceptors (Lipinski definition) is 7. The molecule has 0 spiro atoms. The van der Waals surface area contributed by atoms with Crippen LogP contribution in [0.25, 0.3) is 0 Å². The quantitative estimate of drug-likeness (QED) is 0.803. The van der Waals surface area contributed by atoms with Crippen LogP contribution in [0.4, 0.5) is 11.9 Å². The Morgan fingerprint density at radius 1 is 0.893 bits per heavy atom. The van der Waals surface area contributed by atoms with Gasteiger partial charge in [-0.1, -0.05) is 43.2 Å². The van der Waals surface area contributed by atoms with E-state index in [2.05, 4.69) is 38.8 Å². The third-order valence-electron chi connectivity index (χ3n) is 5.38. The minimum atomic E-state index is -0.00523. The Kier molecular flexibility index (Phi) is 5.90. The highest BCUT2D eigenvalue weighted by atomic mass is 16.5. The predicted molar refractivity (Wildman–Crippen MR) is 109 cm³/mol. The van der Waals surface area contributed by atoms with E-state index < -0.39 is 0 Å². The first-order valence-corrected chi connectivity index (χ1v) is 10.2. The maximum atomic E-state index is 6.19. The first-order valence-electron chi connectivity index (χ1n) is 10.2. The number of anilines is 2. The molecule has 2 unspecified atom stereocenters. The van der Waals surface area contributed by atoms with Gasteiger partial charge in [0.2, 0.25) is 11.9 Å². The van der Waals surface area contributed by atoms with Gasteiger partial charge in [0.05, 0.1) is 19.8 Å². The third kappa shape index (κ3) is 4.35. The summed E-state index contributed by atoms with van der Waals surface area (Å²) in [6.45, 7) is 5.52. The summed E-state index contributed by atoms with van der Waals surface area (Å²) < 4.78 is 11.6. The summed E-state index contributed by atoms with van der Waals surface area (Å²) in [6, 6.07) is 10.7. The fraction of sp³-hybridized carbons (Fsp3) is 0.571. The normalized spacial score (nSPS) is 23.4. The lowest BCUT2D eigenvalue weighted by atomic mass is 10.1. The molecular weight excluding hydrogens is 354 g/mol. The van der Waals surface area contributed by atoms with Gasteiger partial charge in [0.1, 0.15) is 6.10 Å². The summed E-state index contributed by atoms with van der Waals surface area (Å²) in [7, 11) is 1.61. The van der Waals surface area contributed by atoms with Crippen molar-refractivity contribution in [1.29, 1.82) is 0 Å². The number of benzene rings is 1. The zero-order valence-corrected chi connectivity index (χ0v) is 16.8. The summed E-state index contributed by atoms with van der Waals surface area (Å²) in [5.41, 5.74) is 1.17. The van der Waals surface area contributed by atoms with Crippen molar-refractivity contribution in [2.75, 3.05) is 43.1 Å². The number of ether oxygens (including phenoxy) is 2. The smallest absolute Gasteiger partial charge is 0.322 e. The molecular formula is C21H29N5O2. The predicted octanol–water partition coefficient (Wildman–Crippen LogP) is 3.23. The van der Waals surface area contributed by atoms with Crippen molar-refractivity contribution in [1.82, 2.24) is 15.0 Å². The van der Waals surface area contributed by atoms with E-state index in [1.165, 1.54) is 31.2 Å². The second kappa shape index (κ2) is 8.73. The highest BCUT2D eigenvalue weighted by Crippen LogP contribution is 2.28. The maximum Gasteiger partial charge on any atom is 0.322 e. The van der Waals surface area contributed by atoms with E-state index in [1.807, 2.05) is 18.2 Å². The number of morpholine rings is 1. The molecule has 1 aromatic heterocycles. The first-order chi connectivity index (χ1) is 13.7. The standard InChI is InChI=1S/C21H29N5O2/c1-16-14-26(15-18(28-16)17-10-6-5-7-11-17)20-22-19(23-21(24-20)27-2)25-12-8-3-4-9-13-25/h5-7,10-11,16,18H,3-4,8-9,12-15H2,1-2H3. The van der Waals surface area contributed by atoms with Crippen LogP contribution in [0.2, 0.25) is 0 Å². The van der Waals surface area contributed by atoms with Crippen LogP contribution in [-0.4, -0.2) is 54.3 Å². The number of methoxy groups -OCH3 is 1. The molecule has 0 amide bonds.